The summed E-state index contributed by atoms with van der Waals surface area (Å²) in [4.78, 5) is 4.12. The molecule has 2 heterocycles. The number of aromatic nitrogens is 1. The molecule has 1 aliphatic rings. The zero-order chi connectivity index (χ0) is 13.2. The normalized spacial score (nSPS) is 28.4. The molecule has 2 unspecified atom stereocenters. The van der Waals surface area contributed by atoms with Crippen LogP contribution in [0.5, 0.6) is 5.75 Å². The summed E-state index contributed by atoms with van der Waals surface area (Å²) < 4.78 is 10.9. The Morgan fingerprint density at radius 3 is 2.94 bits per heavy atom. The lowest BCUT2D eigenvalue weighted by Gasteiger charge is -2.38. The Kier molecular flexibility index (Phi) is 3.88. The largest absolute Gasteiger partial charge is 0.495 e. The van der Waals surface area contributed by atoms with Gasteiger partial charge in [-0.1, -0.05) is 13.8 Å². The topological polar surface area (TPSA) is 51.6 Å². The monoisotopic (exact) mass is 251 g/mol. The maximum absolute atomic E-state index is 10.8. The fraction of sp³-hybridized carbons (Fsp3) is 0.643. The second kappa shape index (κ2) is 5.24. The van der Waals surface area contributed by atoms with Crippen LogP contribution in [0.25, 0.3) is 0 Å². The van der Waals surface area contributed by atoms with Crippen LogP contribution in [-0.4, -0.2) is 29.9 Å². The van der Waals surface area contributed by atoms with Gasteiger partial charge >= 0.3 is 0 Å². The number of rotatable bonds is 3. The van der Waals surface area contributed by atoms with Crippen LogP contribution in [0.4, 0.5) is 0 Å². The molecule has 4 heteroatoms. The van der Waals surface area contributed by atoms with Crippen LogP contribution in [0, 0.1) is 5.92 Å². The van der Waals surface area contributed by atoms with E-state index in [0.717, 1.165) is 5.56 Å². The highest BCUT2D eigenvalue weighted by Gasteiger charge is 2.38. The maximum atomic E-state index is 10.8. The molecule has 1 aromatic heterocycles. The van der Waals surface area contributed by atoms with E-state index in [0.29, 0.717) is 31.1 Å². The van der Waals surface area contributed by atoms with Crippen LogP contribution in [0.15, 0.2) is 18.5 Å². The van der Waals surface area contributed by atoms with Gasteiger partial charge in [0.15, 0.2) is 0 Å². The summed E-state index contributed by atoms with van der Waals surface area (Å²) in [5.41, 5.74) is -0.0369. The lowest BCUT2D eigenvalue weighted by molar-refractivity contribution is -0.121. The third-order valence-corrected chi connectivity index (χ3v) is 3.62. The molecule has 0 saturated carbocycles. The Hall–Kier alpha value is -1.13. The summed E-state index contributed by atoms with van der Waals surface area (Å²) in [6, 6.07) is 1.86. The van der Waals surface area contributed by atoms with E-state index in [-0.39, 0.29) is 6.10 Å². The molecule has 1 aliphatic heterocycles. The Labute approximate surface area is 108 Å². The molecule has 4 nitrogen and oxygen atoms in total. The van der Waals surface area contributed by atoms with Crippen LogP contribution in [0.1, 0.15) is 32.3 Å². The number of aliphatic hydroxyl groups is 1. The van der Waals surface area contributed by atoms with Crippen molar-refractivity contribution >= 4 is 0 Å². The Morgan fingerprint density at radius 1 is 1.50 bits per heavy atom. The summed E-state index contributed by atoms with van der Waals surface area (Å²) in [6.07, 6.45) is 4.66. The molecule has 1 saturated heterocycles. The van der Waals surface area contributed by atoms with Crippen LogP contribution in [0.3, 0.4) is 0 Å². The molecule has 0 aliphatic carbocycles. The van der Waals surface area contributed by atoms with Gasteiger partial charge < -0.3 is 14.6 Å². The standard InChI is InChI=1S/C14H21NO3/c1-10(2)13-7-14(16,4-5-18-13)11-6-12(17-3)9-15-8-11/h6,8-10,13,16H,4-5,7H2,1-3H3. The minimum atomic E-state index is -0.852. The molecule has 1 aromatic rings. The summed E-state index contributed by atoms with van der Waals surface area (Å²) >= 11 is 0. The van der Waals surface area contributed by atoms with Gasteiger partial charge in [-0.05, 0) is 12.0 Å². The fourth-order valence-electron chi connectivity index (χ4n) is 2.35. The minimum absolute atomic E-state index is 0.0925. The predicted octanol–water partition coefficient (Wildman–Crippen LogP) is 2.11. The zero-order valence-corrected chi connectivity index (χ0v) is 11.2. The number of hydrogen-bond donors (Lipinski definition) is 1. The second-order valence-corrected chi connectivity index (χ2v) is 5.25. The van der Waals surface area contributed by atoms with Gasteiger partial charge in [0.1, 0.15) is 5.75 Å². The van der Waals surface area contributed by atoms with Crippen molar-refractivity contribution in [3.05, 3.63) is 24.0 Å². The highest BCUT2D eigenvalue weighted by Crippen LogP contribution is 2.37. The lowest BCUT2D eigenvalue weighted by Crippen LogP contribution is -2.40. The average molecular weight is 251 g/mol. The Morgan fingerprint density at radius 2 is 2.28 bits per heavy atom. The van der Waals surface area contributed by atoms with E-state index >= 15 is 0 Å². The third-order valence-electron chi connectivity index (χ3n) is 3.62. The molecule has 1 N–H and O–H groups in total. The number of pyridine rings is 1. The maximum Gasteiger partial charge on any atom is 0.137 e. The smallest absolute Gasteiger partial charge is 0.137 e. The molecular formula is C14H21NO3. The molecule has 18 heavy (non-hydrogen) atoms. The van der Waals surface area contributed by atoms with E-state index in [1.807, 2.05) is 6.07 Å². The van der Waals surface area contributed by atoms with E-state index in [4.69, 9.17) is 9.47 Å². The first-order valence-electron chi connectivity index (χ1n) is 6.38. The van der Waals surface area contributed by atoms with E-state index in [1.165, 1.54) is 0 Å². The molecular weight excluding hydrogens is 230 g/mol. The first kappa shape index (κ1) is 13.3. The first-order chi connectivity index (χ1) is 8.55. The Balaban J connectivity index is 2.23. The van der Waals surface area contributed by atoms with Crippen molar-refractivity contribution in [3.8, 4) is 5.75 Å². The van der Waals surface area contributed by atoms with Crippen LogP contribution >= 0.6 is 0 Å². The number of hydrogen-bond acceptors (Lipinski definition) is 4. The number of ether oxygens (including phenoxy) is 2. The summed E-state index contributed by atoms with van der Waals surface area (Å²) in [5.74, 6) is 1.07. The van der Waals surface area contributed by atoms with Gasteiger partial charge in [-0.2, -0.15) is 0 Å². The van der Waals surface area contributed by atoms with Gasteiger partial charge in [0, 0.05) is 24.6 Å². The van der Waals surface area contributed by atoms with Gasteiger partial charge in [-0.25, -0.2) is 0 Å². The molecule has 0 aromatic carbocycles. The van der Waals surface area contributed by atoms with Crippen molar-refractivity contribution in [1.82, 2.24) is 4.98 Å². The van der Waals surface area contributed by atoms with Crippen molar-refractivity contribution < 1.29 is 14.6 Å². The summed E-state index contributed by atoms with van der Waals surface area (Å²) in [7, 11) is 1.60. The van der Waals surface area contributed by atoms with Gasteiger partial charge in [0.25, 0.3) is 0 Å². The van der Waals surface area contributed by atoms with Gasteiger partial charge in [0.05, 0.1) is 31.6 Å². The molecule has 2 rings (SSSR count). The highest BCUT2D eigenvalue weighted by atomic mass is 16.5. The molecule has 0 spiro atoms. The molecule has 0 radical (unpaired) electrons. The lowest BCUT2D eigenvalue weighted by atomic mass is 9.82. The van der Waals surface area contributed by atoms with Gasteiger partial charge in [0.2, 0.25) is 0 Å². The Bertz CT molecular complexity index is 408. The van der Waals surface area contributed by atoms with Crippen molar-refractivity contribution in [1.29, 1.82) is 0 Å². The SMILES string of the molecule is COc1cncc(C2(O)CCOC(C(C)C)C2)c1. The minimum Gasteiger partial charge on any atom is -0.495 e. The van der Waals surface area contributed by atoms with Gasteiger partial charge in [-0.15, -0.1) is 0 Å². The van der Waals surface area contributed by atoms with E-state index in [2.05, 4.69) is 18.8 Å². The van der Waals surface area contributed by atoms with Crippen LogP contribution in [-0.2, 0) is 10.3 Å². The molecule has 0 amide bonds. The van der Waals surface area contributed by atoms with E-state index in [1.54, 1.807) is 19.5 Å². The summed E-state index contributed by atoms with van der Waals surface area (Å²) in [5, 5.41) is 10.8. The summed E-state index contributed by atoms with van der Waals surface area (Å²) in [6.45, 7) is 4.80. The fourth-order valence-corrected chi connectivity index (χ4v) is 2.35. The number of nitrogens with zero attached hydrogens (tertiary/aromatic N) is 1. The van der Waals surface area contributed by atoms with Crippen molar-refractivity contribution in [2.75, 3.05) is 13.7 Å². The average Bonchev–Trinajstić information content (AvgIpc) is 2.39. The predicted molar refractivity (Wildman–Crippen MR) is 68.5 cm³/mol. The first-order valence-corrected chi connectivity index (χ1v) is 6.38. The molecule has 100 valence electrons. The number of methoxy groups -OCH3 is 1. The molecule has 1 fully saturated rings. The van der Waals surface area contributed by atoms with E-state index < -0.39 is 5.60 Å². The van der Waals surface area contributed by atoms with E-state index in [9.17, 15) is 5.11 Å². The van der Waals surface area contributed by atoms with Crippen LogP contribution in [0.2, 0.25) is 0 Å². The van der Waals surface area contributed by atoms with Gasteiger partial charge in [-0.3, -0.25) is 4.98 Å². The molecule has 2 atom stereocenters. The van der Waals surface area contributed by atoms with Crippen molar-refractivity contribution in [2.24, 2.45) is 5.92 Å². The van der Waals surface area contributed by atoms with Crippen molar-refractivity contribution in [3.63, 3.8) is 0 Å². The zero-order valence-electron chi connectivity index (χ0n) is 11.2. The van der Waals surface area contributed by atoms with Crippen LogP contribution < -0.4 is 4.74 Å². The third kappa shape index (κ3) is 2.65. The highest BCUT2D eigenvalue weighted by molar-refractivity contribution is 5.28. The second-order valence-electron chi connectivity index (χ2n) is 5.25. The molecule has 0 bridgehead atoms. The quantitative estimate of drug-likeness (QED) is 0.894. The van der Waals surface area contributed by atoms with Crippen molar-refractivity contribution in [2.45, 2.75) is 38.4 Å².